The van der Waals surface area contributed by atoms with Crippen LogP contribution in [0.5, 0.6) is 0 Å². The van der Waals surface area contributed by atoms with Gasteiger partial charge in [0.15, 0.2) is 5.78 Å². The van der Waals surface area contributed by atoms with Crippen LogP contribution in [0.1, 0.15) is 15.9 Å². The SMILES string of the molecule is O=C(CSc1ncnc2scc(-c3ccccc3)c12)Nc1ccccc1C(=O)c1ccccc1. The second-order valence-electron chi connectivity index (χ2n) is 7.45. The molecule has 0 atom stereocenters. The summed E-state index contributed by atoms with van der Waals surface area (Å²) in [7, 11) is 0. The number of rotatable bonds is 7. The van der Waals surface area contributed by atoms with E-state index in [0.717, 1.165) is 26.4 Å². The van der Waals surface area contributed by atoms with Gasteiger partial charge < -0.3 is 5.32 Å². The van der Waals surface area contributed by atoms with Gasteiger partial charge in [0.2, 0.25) is 5.91 Å². The van der Waals surface area contributed by atoms with Crippen LogP contribution in [-0.2, 0) is 4.79 Å². The normalized spacial score (nSPS) is 10.8. The van der Waals surface area contributed by atoms with Crippen molar-refractivity contribution in [3.05, 3.63) is 108 Å². The minimum absolute atomic E-state index is 0.132. The van der Waals surface area contributed by atoms with Crippen LogP contribution in [-0.4, -0.2) is 27.4 Å². The number of hydrogen-bond donors (Lipinski definition) is 1. The van der Waals surface area contributed by atoms with E-state index in [2.05, 4.69) is 32.8 Å². The molecule has 0 fully saturated rings. The first-order chi connectivity index (χ1) is 16.7. The maximum Gasteiger partial charge on any atom is 0.234 e. The molecule has 0 aliphatic carbocycles. The molecule has 0 aliphatic rings. The lowest BCUT2D eigenvalue weighted by Crippen LogP contribution is -2.17. The lowest BCUT2D eigenvalue weighted by atomic mass is 10.0. The molecule has 3 aromatic carbocycles. The predicted molar refractivity (Wildman–Crippen MR) is 139 cm³/mol. The van der Waals surface area contributed by atoms with E-state index in [1.165, 1.54) is 18.1 Å². The van der Waals surface area contributed by atoms with Crippen LogP contribution in [0.3, 0.4) is 0 Å². The fraction of sp³-hybridized carbons (Fsp3) is 0.0370. The highest BCUT2D eigenvalue weighted by molar-refractivity contribution is 8.00. The molecule has 1 amide bonds. The number of benzene rings is 3. The summed E-state index contributed by atoms with van der Waals surface area (Å²) in [6.07, 6.45) is 1.53. The number of thiophene rings is 1. The monoisotopic (exact) mass is 481 g/mol. The van der Waals surface area contributed by atoms with Crippen LogP contribution in [0.2, 0.25) is 0 Å². The first-order valence-corrected chi connectivity index (χ1v) is 12.5. The molecule has 0 unspecified atom stereocenters. The highest BCUT2D eigenvalue weighted by Gasteiger charge is 2.17. The topological polar surface area (TPSA) is 72.0 Å². The molecule has 7 heteroatoms. The molecule has 166 valence electrons. The van der Waals surface area contributed by atoms with Gasteiger partial charge in [0.25, 0.3) is 0 Å². The Hall–Kier alpha value is -3.81. The molecule has 1 N–H and O–H groups in total. The number of nitrogens with zero attached hydrogens (tertiary/aromatic N) is 2. The maximum atomic E-state index is 12.9. The maximum absolute atomic E-state index is 12.9. The molecule has 2 heterocycles. The number of aromatic nitrogens is 2. The molecule has 5 nitrogen and oxygen atoms in total. The number of hydrogen-bond acceptors (Lipinski definition) is 6. The third-order valence-corrected chi connectivity index (χ3v) is 7.12. The highest BCUT2D eigenvalue weighted by atomic mass is 32.2. The Balaban J connectivity index is 1.35. The molecular formula is C27H19N3O2S2. The minimum Gasteiger partial charge on any atom is -0.325 e. The number of carbonyl (C=O) groups excluding carboxylic acids is 2. The first kappa shape index (κ1) is 22.0. The smallest absolute Gasteiger partial charge is 0.234 e. The zero-order chi connectivity index (χ0) is 23.3. The largest absolute Gasteiger partial charge is 0.325 e. The molecule has 5 aromatic rings. The van der Waals surface area contributed by atoms with Crippen LogP contribution in [0.15, 0.2) is 102 Å². The molecule has 0 aliphatic heterocycles. The molecule has 0 radical (unpaired) electrons. The number of para-hydroxylation sites is 1. The van der Waals surface area contributed by atoms with Gasteiger partial charge in [-0.25, -0.2) is 9.97 Å². The first-order valence-electron chi connectivity index (χ1n) is 10.6. The fourth-order valence-corrected chi connectivity index (χ4v) is 5.44. The van der Waals surface area contributed by atoms with Gasteiger partial charge in [-0.1, -0.05) is 84.6 Å². The van der Waals surface area contributed by atoms with Gasteiger partial charge in [-0.05, 0) is 17.7 Å². The summed E-state index contributed by atoms with van der Waals surface area (Å²) in [6, 6.07) is 26.2. The van der Waals surface area contributed by atoms with Crippen LogP contribution >= 0.6 is 23.1 Å². The molecule has 0 bridgehead atoms. The van der Waals surface area contributed by atoms with E-state index in [1.54, 1.807) is 47.7 Å². The zero-order valence-electron chi connectivity index (χ0n) is 18.0. The summed E-state index contributed by atoms with van der Waals surface area (Å²) in [6.45, 7) is 0. The van der Waals surface area contributed by atoms with E-state index in [1.807, 2.05) is 36.4 Å². The van der Waals surface area contributed by atoms with Crippen LogP contribution in [0, 0.1) is 0 Å². The number of thioether (sulfide) groups is 1. The van der Waals surface area contributed by atoms with E-state index < -0.39 is 0 Å². The average molecular weight is 482 g/mol. The van der Waals surface area contributed by atoms with E-state index >= 15 is 0 Å². The van der Waals surface area contributed by atoms with Gasteiger partial charge >= 0.3 is 0 Å². The average Bonchev–Trinajstić information content (AvgIpc) is 3.33. The summed E-state index contributed by atoms with van der Waals surface area (Å²) in [5.41, 5.74) is 3.68. The van der Waals surface area contributed by atoms with Crippen molar-refractivity contribution in [3.63, 3.8) is 0 Å². The third kappa shape index (κ3) is 4.62. The molecule has 0 saturated carbocycles. The van der Waals surface area contributed by atoms with Crippen molar-refractivity contribution in [2.45, 2.75) is 5.03 Å². The van der Waals surface area contributed by atoms with Crippen molar-refractivity contribution in [3.8, 4) is 11.1 Å². The molecule has 2 aromatic heterocycles. The van der Waals surface area contributed by atoms with Gasteiger partial charge in [-0.2, -0.15) is 0 Å². The van der Waals surface area contributed by atoms with Gasteiger partial charge in [0, 0.05) is 22.1 Å². The number of amides is 1. The number of nitrogens with one attached hydrogen (secondary N) is 1. The van der Waals surface area contributed by atoms with Crippen LogP contribution in [0.25, 0.3) is 21.3 Å². The molecule has 0 saturated heterocycles. The van der Waals surface area contributed by atoms with Crippen LogP contribution in [0.4, 0.5) is 5.69 Å². The molecular weight excluding hydrogens is 462 g/mol. The lowest BCUT2D eigenvalue weighted by molar-refractivity contribution is -0.113. The number of ketones is 1. The Morgan fingerprint density at radius 3 is 2.35 bits per heavy atom. The zero-order valence-corrected chi connectivity index (χ0v) is 19.6. The summed E-state index contributed by atoms with van der Waals surface area (Å²) in [5.74, 6) is -0.182. The standard InChI is InChI=1S/C27H19N3O2S2/c31-23(30-22-14-8-7-13-20(22)25(32)19-11-5-2-6-12-19)16-34-27-24-21(18-9-3-1-4-10-18)15-33-26(24)28-17-29-27/h1-15,17H,16H2,(H,30,31). The van der Waals surface area contributed by atoms with Gasteiger partial charge in [0.1, 0.15) is 16.2 Å². The third-order valence-electron chi connectivity index (χ3n) is 5.24. The Labute approximate surface area is 204 Å². The Morgan fingerprint density at radius 2 is 1.56 bits per heavy atom. The van der Waals surface area contributed by atoms with Gasteiger partial charge in [0.05, 0.1) is 16.8 Å². The van der Waals surface area contributed by atoms with E-state index in [-0.39, 0.29) is 17.4 Å². The lowest BCUT2D eigenvalue weighted by Gasteiger charge is -2.11. The minimum atomic E-state index is -0.207. The second-order valence-corrected chi connectivity index (χ2v) is 9.27. The molecule has 34 heavy (non-hydrogen) atoms. The quantitative estimate of drug-likeness (QED) is 0.167. The van der Waals surface area contributed by atoms with Crippen LogP contribution < -0.4 is 5.32 Å². The van der Waals surface area contributed by atoms with Crippen molar-refractivity contribution >= 4 is 50.7 Å². The Morgan fingerprint density at radius 1 is 0.853 bits per heavy atom. The van der Waals surface area contributed by atoms with Gasteiger partial charge in [-0.3, -0.25) is 9.59 Å². The molecule has 5 rings (SSSR count). The van der Waals surface area contributed by atoms with Crippen molar-refractivity contribution in [1.82, 2.24) is 9.97 Å². The Bertz CT molecular complexity index is 1470. The van der Waals surface area contributed by atoms with E-state index in [4.69, 9.17) is 0 Å². The van der Waals surface area contributed by atoms with E-state index in [9.17, 15) is 9.59 Å². The van der Waals surface area contributed by atoms with E-state index in [0.29, 0.717) is 16.8 Å². The number of carbonyl (C=O) groups is 2. The molecule has 0 spiro atoms. The van der Waals surface area contributed by atoms with Crippen molar-refractivity contribution < 1.29 is 9.59 Å². The summed E-state index contributed by atoms with van der Waals surface area (Å²) >= 11 is 2.92. The number of fused-ring (bicyclic) bond motifs is 1. The van der Waals surface area contributed by atoms with Crippen molar-refractivity contribution in [2.75, 3.05) is 11.1 Å². The Kier molecular flexibility index (Phi) is 6.46. The fourth-order valence-electron chi connectivity index (χ4n) is 3.64. The predicted octanol–water partition coefficient (Wildman–Crippen LogP) is 6.32. The highest BCUT2D eigenvalue weighted by Crippen LogP contribution is 2.37. The number of anilines is 1. The van der Waals surface area contributed by atoms with Crippen molar-refractivity contribution in [1.29, 1.82) is 0 Å². The van der Waals surface area contributed by atoms with Crippen molar-refractivity contribution in [2.24, 2.45) is 0 Å². The summed E-state index contributed by atoms with van der Waals surface area (Å²) < 4.78 is 0. The summed E-state index contributed by atoms with van der Waals surface area (Å²) in [5, 5.41) is 6.68. The van der Waals surface area contributed by atoms with Gasteiger partial charge in [-0.15, -0.1) is 11.3 Å². The summed E-state index contributed by atoms with van der Waals surface area (Å²) in [4.78, 5) is 35.5. The second kappa shape index (κ2) is 9.99.